The number of nitrogens with one attached hydrogen (secondary N) is 1. The Morgan fingerprint density at radius 2 is 1.68 bits per heavy atom. The van der Waals surface area contributed by atoms with Crippen LogP contribution in [-0.4, -0.2) is 17.6 Å². The lowest BCUT2D eigenvalue weighted by Crippen LogP contribution is -2.28. The van der Waals surface area contributed by atoms with Crippen LogP contribution in [0.3, 0.4) is 0 Å². The predicted octanol–water partition coefficient (Wildman–Crippen LogP) is 3.88. The molecular weight excluding hydrogens is 389 g/mol. The van der Waals surface area contributed by atoms with E-state index in [2.05, 4.69) is 41.8 Å². The van der Waals surface area contributed by atoms with Gasteiger partial charge in [0, 0.05) is 10.1 Å². The number of hydrogen-bond donors (Lipinski definition) is 2. The Balaban J connectivity index is 1.96. The molecule has 22 heavy (non-hydrogen) atoms. The lowest BCUT2D eigenvalue weighted by molar-refractivity contribution is 0.0915. The van der Waals surface area contributed by atoms with E-state index in [1.165, 1.54) is 5.56 Å². The van der Waals surface area contributed by atoms with Crippen LogP contribution in [0.15, 0.2) is 48.5 Å². The molecule has 2 aromatic carbocycles. The fraction of sp³-hybridized carbons (Fsp3) is 0.278. The number of halogens is 1. The van der Waals surface area contributed by atoms with Crippen LogP contribution in [0.1, 0.15) is 47.4 Å². The van der Waals surface area contributed by atoms with E-state index in [0.717, 1.165) is 9.13 Å². The summed E-state index contributed by atoms with van der Waals surface area (Å²) in [5, 5.41) is 13.0. The van der Waals surface area contributed by atoms with E-state index in [1.807, 2.05) is 42.5 Å². The zero-order valence-electron chi connectivity index (χ0n) is 12.7. The predicted molar refractivity (Wildman–Crippen MR) is 97.0 cm³/mol. The first-order chi connectivity index (χ1) is 10.5. The summed E-state index contributed by atoms with van der Waals surface area (Å²) in [5.74, 6) is 0.300. The van der Waals surface area contributed by atoms with Gasteiger partial charge in [0.1, 0.15) is 0 Å². The molecule has 4 heteroatoms. The normalized spacial score (nSPS) is 12.2. The van der Waals surface area contributed by atoms with Crippen LogP contribution in [0, 0.1) is 3.57 Å². The van der Waals surface area contributed by atoms with Crippen LogP contribution in [0.4, 0.5) is 0 Å². The first-order valence-electron chi connectivity index (χ1n) is 7.29. The van der Waals surface area contributed by atoms with E-state index in [0.29, 0.717) is 11.5 Å². The van der Waals surface area contributed by atoms with Gasteiger partial charge < -0.3 is 10.4 Å². The Morgan fingerprint density at radius 3 is 2.27 bits per heavy atom. The SMILES string of the molecule is CC(C)c1ccc(C(O)CNC(=O)c2ccccc2I)cc1. The lowest BCUT2D eigenvalue weighted by Gasteiger charge is -2.14. The standard InChI is InChI=1S/C18H20INO2/c1-12(2)13-7-9-14(10-8-13)17(21)11-20-18(22)15-5-3-4-6-16(15)19/h3-10,12,17,21H,11H2,1-2H3,(H,20,22). The number of amides is 1. The fourth-order valence-electron chi connectivity index (χ4n) is 2.15. The highest BCUT2D eigenvalue weighted by atomic mass is 127. The first-order valence-corrected chi connectivity index (χ1v) is 8.37. The highest BCUT2D eigenvalue weighted by Crippen LogP contribution is 2.18. The minimum Gasteiger partial charge on any atom is -0.387 e. The molecule has 1 amide bonds. The molecule has 0 saturated carbocycles. The highest BCUT2D eigenvalue weighted by Gasteiger charge is 2.13. The molecule has 0 aromatic heterocycles. The van der Waals surface area contributed by atoms with Crippen molar-refractivity contribution in [2.24, 2.45) is 0 Å². The van der Waals surface area contributed by atoms with Gasteiger partial charge in [-0.1, -0.05) is 50.2 Å². The van der Waals surface area contributed by atoms with Crippen LogP contribution in [0.2, 0.25) is 0 Å². The van der Waals surface area contributed by atoms with Crippen LogP contribution >= 0.6 is 22.6 Å². The van der Waals surface area contributed by atoms with Crippen molar-refractivity contribution in [2.75, 3.05) is 6.54 Å². The minimum absolute atomic E-state index is 0.164. The van der Waals surface area contributed by atoms with Gasteiger partial charge in [-0.3, -0.25) is 4.79 Å². The van der Waals surface area contributed by atoms with E-state index < -0.39 is 6.10 Å². The number of hydrogen-bond acceptors (Lipinski definition) is 2. The Labute approximate surface area is 144 Å². The number of carbonyl (C=O) groups excluding carboxylic acids is 1. The topological polar surface area (TPSA) is 49.3 Å². The largest absolute Gasteiger partial charge is 0.387 e. The van der Waals surface area contributed by atoms with Crippen LogP contribution in [-0.2, 0) is 0 Å². The van der Waals surface area contributed by atoms with Gasteiger partial charge in [-0.05, 0) is 51.8 Å². The number of aliphatic hydroxyl groups is 1. The Kier molecular flexibility index (Phi) is 5.97. The number of benzene rings is 2. The summed E-state index contributed by atoms with van der Waals surface area (Å²) in [5.41, 5.74) is 2.68. The summed E-state index contributed by atoms with van der Waals surface area (Å²) in [7, 11) is 0. The van der Waals surface area contributed by atoms with E-state index in [4.69, 9.17) is 0 Å². The second-order valence-electron chi connectivity index (χ2n) is 5.53. The third-order valence-electron chi connectivity index (χ3n) is 3.56. The minimum atomic E-state index is -0.702. The van der Waals surface area contributed by atoms with E-state index in [-0.39, 0.29) is 12.5 Å². The van der Waals surface area contributed by atoms with Gasteiger partial charge in [0.05, 0.1) is 11.7 Å². The molecule has 116 valence electrons. The van der Waals surface area contributed by atoms with Crippen LogP contribution in [0.5, 0.6) is 0 Å². The average Bonchev–Trinajstić information content (AvgIpc) is 2.52. The molecule has 2 aromatic rings. The maximum atomic E-state index is 12.1. The first kappa shape index (κ1) is 17.0. The molecule has 0 bridgehead atoms. The Bertz CT molecular complexity index is 638. The summed E-state index contributed by atoms with van der Waals surface area (Å²) >= 11 is 2.13. The maximum Gasteiger partial charge on any atom is 0.252 e. The zero-order valence-corrected chi connectivity index (χ0v) is 14.9. The number of aliphatic hydroxyl groups excluding tert-OH is 1. The third kappa shape index (κ3) is 4.30. The molecule has 0 heterocycles. The molecule has 0 fully saturated rings. The highest BCUT2D eigenvalue weighted by molar-refractivity contribution is 14.1. The second-order valence-corrected chi connectivity index (χ2v) is 6.69. The van der Waals surface area contributed by atoms with E-state index in [1.54, 1.807) is 6.07 Å². The van der Waals surface area contributed by atoms with Gasteiger partial charge in [-0.25, -0.2) is 0 Å². The van der Waals surface area contributed by atoms with Crippen molar-refractivity contribution in [3.63, 3.8) is 0 Å². The van der Waals surface area contributed by atoms with Crippen molar-refractivity contribution in [3.05, 3.63) is 68.8 Å². The molecule has 0 radical (unpaired) electrons. The van der Waals surface area contributed by atoms with Crippen LogP contribution in [0.25, 0.3) is 0 Å². The fourth-order valence-corrected chi connectivity index (χ4v) is 2.78. The lowest BCUT2D eigenvalue weighted by atomic mass is 10.00. The van der Waals surface area contributed by atoms with E-state index >= 15 is 0 Å². The monoisotopic (exact) mass is 409 g/mol. The quantitative estimate of drug-likeness (QED) is 0.737. The number of rotatable bonds is 5. The molecule has 2 rings (SSSR count). The summed E-state index contributed by atoms with van der Waals surface area (Å²) < 4.78 is 0.897. The summed E-state index contributed by atoms with van der Waals surface area (Å²) in [4.78, 5) is 12.1. The molecule has 1 unspecified atom stereocenters. The van der Waals surface area contributed by atoms with Crippen molar-refractivity contribution < 1.29 is 9.90 Å². The van der Waals surface area contributed by atoms with Gasteiger partial charge in [0.2, 0.25) is 0 Å². The van der Waals surface area contributed by atoms with Gasteiger partial charge in [-0.2, -0.15) is 0 Å². The van der Waals surface area contributed by atoms with Crippen molar-refractivity contribution in [3.8, 4) is 0 Å². The van der Waals surface area contributed by atoms with Crippen molar-refractivity contribution in [1.29, 1.82) is 0 Å². The zero-order chi connectivity index (χ0) is 16.1. The van der Waals surface area contributed by atoms with Gasteiger partial charge in [0.25, 0.3) is 5.91 Å². The van der Waals surface area contributed by atoms with Crippen LogP contribution < -0.4 is 5.32 Å². The molecule has 0 spiro atoms. The molecular formula is C18H20INO2. The molecule has 0 aliphatic rings. The summed E-state index contributed by atoms with van der Waals surface area (Å²) in [6, 6.07) is 15.3. The molecule has 0 aliphatic heterocycles. The van der Waals surface area contributed by atoms with Gasteiger partial charge >= 0.3 is 0 Å². The Morgan fingerprint density at radius 1 is 1.09 bits per heavy atom. The molecule has 0 aliphatic carbocycles. The summed E-state index contributed by atoms with van der Waals surface area (Å²) in [6.07, 6.45) is -0.702. The number of carbonyl (C=O) groups is 1. The smallest absolute Gasteiger partial charge is 0.252 e. The molecule has 0 saturated heterocycles. The maximum absolute atomic E-state index is 12.1. The van der Waals surface area contributed by atoms with Gasteiger partial charge in [-0.15, -0.1) is 0 Å². The second kappa shape index (κ2) is 7.74. The Hall–Kier alpha value is -1.40. The van der Waals surface area contributed by atoms with Gasteiger partial charge in [0.15, 0.2) is 0 Å². The molecule has 3 nitrogen and oxygen atoms in total. The van der Waals surface area contributed by atoms with E-state index in [9.17, 15) is 9.90 Å². The molecule has 1 atom stereocenters. The van der Waals surface area contributed by atoms with Crippen molar-refractivity contribution >= 4 is 28.5 Å². The molecule has 2 N–H and O–H groups in total. The third-order valence-corrected chi connectivity index (χ3v) is 4.50. The summed E-state index contributed by atoms with van der Waals surface area (Å²) in [6.45, 7) is 4.46. The van der Waals surface area contributed by atoms with Crippen molar-refractivity contribution in [2.45, 2.75) is 25.9 Å². The average molecular weight is 409 g/mol. The van der Waals surface area contributed by atoms with Crippen molar-refractivity contribution in [1.82, 2.24) is 5.32 Å².